The van der Waals surface area contributed by atoms with E-state index in [1.54, 1.807) is 16.0 Å². The highest BCUT2D eigenvalue weighted by atomic mass is 32.1. The molecule has 92 valence electrons. The summed E-state index contributed by atoms with van der Waals surface area (Å²) >= 11 is 1.99. The molecule has 0 atom stereocenters. The largest absolute Gasteiger partial charge is 0.145 e. The number of rotatable bonds is 1. The van der Waals surface area contributed by atoms with Gasteiger partial charge in [-0.2, -0.15) is 0 Å². The van der Waals surface area contributed by atoms with Crippen LogP contribution >= 0.6 is 11.3 Å². The van der Waals surface area contributed by atoms with Gasteiger partial charge in [-0.15, -0.1) is 11.3 Å². The fourth-order valence-corrected chi connectivity index (χ4v) is 4.08. The maximum atomic E-state index is 2.34. The number of hydrogen-bond donors (Lipinski definition) is 0. The summed E-state index contributed by atoms with van der Waals surface area (Å²) in [7, 11) is 0. The Balaban J connectivity index is 3.54. The van der Waals surface area contributed by atoms with E-state index in [1.165, 1.54) is 4.88 Å². The molecule has 1 aromatic rings. The van der Waals surface area contributed by atoms with Crippen molar-refractivity contribution in [2.24, 2.45) is 0 Å². The molecule has 16 heavy (non-hydrogen) atoms. The second-order valence-corrected chi connectivity index (χ2v) is 7.99. The molecule has 1 rings (SSSR count). The van der Waals surface area contributed by atoms with Gasteiger partial charge in [-0.3, -0.25) is 0 Å². The Morgan fingerprint density at radius 2 is 1.31 bits per heavy atom. The fourth-order valence-electron chi connectivity index (χ4n) is 2.55. The van der Waals surface area contributed by atoms with Crippen LogP contribution < -0.4 is 0 Å². The Bertz CT molecular complexity index is 369. The summed E-state index contributed by atoms with van der Waals surface area (Å²) in [5.74, 6) is 0. The van der Waals surface area contributed by atoms with E-state index in [0.717, 1.165) is 6.42 Å². The molecule has 0 nitrogen and oxygen atoms in total. The smallest absolute Gasteiger partial charge is 0.00857 e. The highest BCUT2D eigenvalue weighted by Crippen LogP contribution is 2.42. The van der Waals surface area contributed by atoms with Gasteiger partial charge in [0.25, 0.3) is 0 Å². The molecule has 0 saturated carbocycles. The Labute approximate surface area is 105 Å². The van der Waals surface area contributed by atoms with Crippen LogP contribution in [0.5, 0.6) is 0 Å². The maximum Gasteiger partial charge on any atom is 0.00857 e. The van der Waals surface area contributed by atoms with Crippen molar-refractivity contribution in [2.45, 2.75) is 72.6 Å². The lowest BCUT2D eigenvalue weighted by Crippen LogP contribution is -2.22. The molecule has 1 heteroatoms. The second-order valence-electron chi connectivity index (χ2n) is 6.68. The lowest BCUT2D eigenvalue weighted by molar-refractivity contribution is 0.528. The molecule has 0 aromatic carbocycles. The van der Waals surface area contributed by atoms with E-state index in [2.05, 4.69) is 55.4 Å². The lowest BCUT2D eigenvalue weighted by atomic mass is 9.75. The maximum absolute atomic E-state index is 2.34. The fraction of sp³-hybridized carbons (Fsp3) is 0.733. The number of aryl methyl sites for hydroxylation is 2. The normalized spacial score (nSPS) is 13.2. The van der Waals surface area contributed by atoms with E-state index in [0.29, 0.717) is 0 Å². The quantitative estimate of drug-likeness (QED) is 0.629. The molecular formula is C15H26S. The molecule has 0 spiro atoms. The zero-order valence-electron chi connectivity index (χ0n) is 12.1. The predicted molar refractivity (Wildman–Crippen MR) is 75.8 cm³/mol. The average Bonchev–Trinajstić information content (AvgIpc) is 2.40. The summed E-state index contributed by atoms with van der Waals surface area (Å²) in [6.45, 7) is 18.5. The SMILES string of the molecule is CCc1sc(C)c(C(C)(C)C)c1C(C)(C)C. The highest BCUT2D eigenvalue weighted by Gasteiger charge is 2.30. The van der Waals surface area contributed by atoms with Gasteiger partial charge < -0.3 is 0 Å². The molecule has 0 aliphatic heterocycles. The van der Waals surface area contributed by atoms with Crippen LogP contribution in [0.4, 0.5) is 0 Å². The van der Waals surface area contributed by atoms with Gasteiger partial charge in [0.15, 0.2) is 0 Å². The minimum absolute atomic E-state index is 0.261. The topological polar surface area (TPSA) is 0 Å². The molecular weight excluding hydrogens is 212 g/mol. The summed E-state index contributed by atoms with van der Waals surface area (Å²) in [5, 5.41) is 0. The zero-order valence-corrected chi connectivity index (χ0v) is 12.9. The van der Waals surface area contributed by atoms with Gasteiger partial charge in [-0.25, -0.2) is 0 Å². The monoisotopic (exact) mass is 238 g/mol. The minimum Gasteiger partial charge on any atom is -0.145 e. The van der Waals surface area contributed by atoms with Crippen LogP contribution in [0.25, 0.3) is 0 Å². The van der Waals surface area contributed by atoms with Gasteiger partial charge in [0, 0.05) is 9.75 Å². The first kappa shape index (κ1) is 13.8. The molecule has 0 radical (unpaired) electrons. The zero-order chi connectivity index (χ0) is 12.7. The molecule has 0 aliphatic carbocycles. The van der Waals surface area contributed by atoms with Crippen molar-refractivity contribution in [3.8, 4) is 0 Å². The van der Waals surface area contributed by atoms with Crippen molar-refractivity contribution in [3.05, 3.63) is 20.9 Å². The van der Waals surface area contributed by atoms with E-state index >= 15 is 0 Å². The van der Waals surface area contributed by atoms with Crippen molar-refractivity contribution in [3.63, 3.8) is 0 Å². The van der Waals surface area contributed by atoms with Crippen LogP contribution in [0.15, 0.2) is 0 Å². The van der Waals surface area contributed by atoms with Crippen molar-refractivity contribution in [2.75, 3.05) is 0 Å². The van der Waals surface area contributed by atoms with Crippen molar-refractivity contribution in [1.29, 1.82) is 0 Å². The Kier molecular flexibility index (Phi) is 3.59. The molecule has 0 fully saturated rings. The molecule has 0 aliphatic rings. The number of thiophene rings is 1. The summed E-state index contributed by atoms with van der Waals surface area (Å²) in [5.41, 5.74) is 3.71. The molecule has 0 amide bonds. The van der Waals surface area contributed by atoms with Gasteiger partial charge in [0.05, 0.1) is 0 Å². The third kappa shape index (κ3) is 2.51. The third-order valence-electron chi connectivity index (χ3n) is 2.98. The molecule has 0 saturated heterocycles. The van der Waals surface area contributed by atoms with E-state index < -0.39 is 0 Å². The second kappa shape index (κ2) is 4.18. The Morgan fingerprint density at radius 1 is 0.875 bits per heavy atom. The van der Waals surface area contributed by atoms with E-state index in [9.17, 15) is 0 Å². The third-order valence-corrected chi connectivity index (χ3v) is 4.23. The summed E-state index contributed by atoms with van der Waals surface area (Å²) in [6, 6.07) is 0. The highest BCUT2D eigenvalue weighted by molar-refractivity contribution is 7.12. The van der Waals surface area contributed by atoms with Crippen molar-refractivity contribution < 1.29 is 0 Å². The first-order chi connectivity index (χ1) is 7.09. The summed E-state index contributed by atoms with van der Waals surface area (Å²) < 4.78 is 0. The Hall–Kier alpha value is -0.300. The van der Waals surface area contributed by atoms with Gasteiger partial charge in [-0.05, 0) is 35.3 Å². The first-order valence-corrected chi connectivity index (χ1v) is 7.04. The van der Waals surface area contributed by atoms with Gasteiger partial charge in [0.2, 0.25) is 0 Å². The summed E-state index contributed by atoms with van der Waals surface area (Å²) in [6.07, 6.45) is 1.16. The van der Waals surface area contributed by atoms with E-state index in [4.69, 9.17) is 0 Å². The minimum atomic E-state index is 0.261. The van der Waals surface area contributed by atoms with Crippen LogP contribution in [-0.4, -0.2) is 0 Å². The Morgan fingerprint density at radius 3 is 1.62 bits per heavy atom. The van der Waals surface area contributed by atoms with Crippen molar-refractivity contribution in [1.82, 2.24) is 0 Å². The van der Waals surface area contributed by atoms with E-state index in [-0.39, 0.29) is 10.8 Å². The lowest BCUT2D eigenvalue weighted by Gasteiger charge is -2.29. The van der Waals surface area contributed by atoms with Crippen LogP contribution in [0.1, 0.15) is 69.3 Å². The van der Waals surface area contributed by atoms with Gasteiger partial charge >= 0.3 is 0 Å². The van der Waals surface area contributed by atoms with Gasteiger partial charge in [0.1, 0.15) is 0 Å². The molecule has 0 bridgehead atoms. The number of hydrogen-bond acceptors (Lipinski definition) is 1. The summed E-state index contributed by atoms with van der Waals surface area (Å²) in [4.78, 5) is 3.09. The van der Waals surface area contributed by atoms with Crippen LogP contribution in [0, 0.1) is 6.92 Å². The standard InChI is InChI=1S/C15H26S/c1-9-11-13(15(6,7)8)12(10(2)16-11)14(3,4)5/h9H2,1-8H3. The predicted octanol–water partition coefficient (Wildman–Crippen LogP) is 5.21. The van der Waals surface area contributed by atoms with Gasteiger partial charge in [-0.1, -0.05) is 48.5 Å². The van der Waals surface area contributed by atoms with Crippen LogP contribution in [0.2, 0.25) is 0 Å². The van der Waals surface area contributed by atoms with Crippen LogP contribution in [-0.2, 0) is 17.3 Å². The molecule has 1 heterocycles. The molecule has 0 N–H and O–H groups in total. The van der Waals surface area contributed by atoms with E-state index in [1.807, 2.05) is 11.3 Å². The molecule has 0 unspecified atom stereocenters. The first-order valence-electron chi connectivity index (χ1n) is 6.22. The average molecular weight is 238 g/mol. The molecule has 1 aromatic heterocycles. The van der Waals surface area contributed by atoms with Crippen LogP contribution in [0.3, 0.4) is 0 Å². The van der Waals surface area contributed by atoms with Crippen molar-refractivity contribution >= 4 is 11.3 Å².